The number of hydrogen-bond acceptors (Lipinski definition) is 6. The van der Waals surface area contributed by atoms with Crippen LogP contribution in [0.2, 0.25) is 0 Å². The van der Waals surface area contributed by atoms with Gasteiger partial charge in [0.1, 0.15) is 11.8 Å². The Bertz CT molecular complexity index is 1520. The summed E-state index contributed by atoms with van der Waals surface area (Å²) in [6.45, 7) is 2.46. The Labute approximate surface area is 243 Å². The molecule has 1 aliphatic carbocycles. The molecule has 226 valence electrons. The highest BCUT2D eigenvalue weighted by molar-refractivity contribution is 7.90. The normalized spacial score (nSPS) is 18.9. The van der Waals surface area contributed by atoms with E-state index in [4.69, 9.17) is 15.0 Å². The van der Waals surface area contributed by atoms with E-state index in [9.17, 15) is 21.6 Å². The van der Waals surface area contributed by atoms with E-state index >= 15 is 0 Å². The molecule has 1 aliphatic heterocycles. The number of aromatic nitrogens is 2. The lowest BCUT2D eigenvalue weighted by atomic mass is 9.87. The first-order valence-corrected chi connectivity index (χ1v) is 15.6. The fourth-order valence-corrected chi connectivity index (χ4v) is 6.49. The number of sulfonamides is 1. The van der Waals surface area contributed by atoms with Gasteiger partial charge in [-0.15, -0.1) is 4.40 Å². The molecule has 1 atom stereocenters. The van der Waals surface area contributed by atoms with Crippen molar-refractivity contribution in [1.82, 2.24) is 15.0 Å². The third-order valence-electron chi connectivity index (χ3n) is 7.86. The molecule has 2 N–H and O–H groups in total. The zero-order valence-electron chi connectivity index (χ0n) is 23.3. The van der Waals surface area contributed by atoms with E-state index in [0.717, 1.165) is 43.7 Å². The first kappa shape index (κ1) is 29.9. The average molecular weight is 606 g/mol. The summed E-state index contributed by atoms with van der Waals surface area (Å²) in [5, 5.41) is 3.91. The molecule has 2 aromatic carbocycles. The lowest BCUT2D eigenvalue weighted by Crippen LogP contribution is -2.37. The lowest BCUT2D eigenvalue weighted by molar-refractivity contribution is -0.138. The molecular formula is C29H34F3N5O4S. The fraction of sp³-hybridized carbons (Fsp3) is 0.483. The van der Waals surface area contributed by atoms with E-state index in [1.54, 1.807) is 17.0 Å². The highest BCUT2D eigenvalue weighted by Gasteiger charge is 2.36. The summed E-state index contributed by atoms with van der Waals surface area (Å²) in [6.07, 6.45) is 2.96. The van der Waals surface area contributed by atoms with Crippen LogP contribution in [0.4, 0.5) is 13.2 Å². The van der Waals surface area contributed by atoms with E-state index in [1.165, 1.54) is 30.7 Å². The maximum Gasteiger partial charge on any atom is 0.419 e. The monoisotopic (exact) mass is 605 g/mol. The third-order valence-corrected chi connectivity index (χ3v) is 9.15. The van der Waals surface area contributed by atoms with Crippen LogP contribution >= 0.6 is 0 Å². The molecule has 0 bridgehead atoms. The minimum atomic E-state index is -4.64. The number of alkyl halides is 3. The van der Waals surface area contributed by atoms with Crippen LogP contribution in [0.1, 0.15) is 74.4 Å². The van der Waals surface area contributed by atoms with Crippen LogP contribution in [0.3, 0.4) is 0 Å². The average Bonchev–Trinajstić information content (AvgIpc) is 3.64. The number of rotatable bonds is 8. The summed E-state index contributed by atoms with van der Waals surface area (Å²) >= 11 is 0. The molecule has 2 heterocycles. The largest absolute Gasteiger partial charge is 0.493 e. The van der Waals surface area contributed by atoms with Gasteiger partial charge in [-0.25, -0.2) is 0 Å². The van der Waals surface area contributed by atoms with Crippen LogP contribution in [0, 0.1) is 12.8 Å². The number of guanidine groups is 1. The number of ether oxygens (including phenoxy) is 1. The van der Waals surface area contributed by atoms with Crippen LogP contribution in [0.5, 0.6) is 5.75 Å². The molecule has 5 rings (SSSR count). The Balaban J connectivity index is 1.32. The molecular weight excluding hydrogens is 571 g/mol. The maximum absolute atomic E-state index is 14.0. The Morgan fingerprint density at radius 1 is 1.10 bits per heavy atom. The van der Waals surface area contributed by atoms with Crippen molar-refractivity contribution in [3.63, 3.8) is 0 Å². The van der Waals surface area contributed by atoms with Gasteiger partial charge in [0, 0.05) is 12.1 Å². The standard InChI is InChI=1S/C29H34F3N5O4S/c1-19-9-12-22(13-10-19)42(38,39)36-28(33)37-16-5-8-24(37)27-34-26(35-41-27)21-11-14-25(23(18-21)29(30,31)32)40-17-15-20-6-3-2-4-7-20/h9-14,18,20,24H,2-8,15-17H2,1H3,(H2,33,36)/t24-/m0/s1. The van der Waals surface area contributed by atoms with Gasteiger partial charge in [-0.3, -0.25) is 0 Å². The molecule has 2 fully saturated rings. The molecule has 0 amide bonds. The minimum Gasteiger partial charge on any atom is -0.493 e. The summed E-state index contributed by atoms with van der Waals surface area (Å²) in [6, 6.07) is 9.38. The highest BCUT2D eigenvalue weighted by Crippen LogP contribution is 2.39. The van der Waals surface area contributed by atoms with E-state index < -0.39 is 27.8 Å². The number of likely N-dealkylation sites (tertiary alicyclic amines) is 1. The summed E-state index contributed by atoms with van der Waals surface area (Å²) in [5.74, 6) is 0.106. The van der Waals surface area contributed by atoms with Crippen molar-refractivity contribution in [2.75, 3.05) is 13.2 Å². The SMILES string of the molecule is Cc1ccc(S(=O)(=O)/N=C(/N)N2CCC[C@H]2c2nc(-c3ccc(OCCC4CCCCC4)c(C(F)(F)F)c3)no2)cc1. The fourth-order valence-electron chi connectivity index (χ4n) is 5.55. The topological polar surface area (TPSA) is 124 Å². The molecule has 2 aliphatic rings. The van der Waals surface area contributed by atoms with Gasteiger partial charge < -0.3 is 19.9 Å². The second-order valence-corrected chi connectivity index (χ2v) is 12.5. The molecule has 1 saturated carbocycles. The number of nitrogens with zero attached hydrogens (tertiary/aromatic N) is 4. The summed E-state index contributed by atoms with van der Waals surface area (Å²) < 4.78 is 82.3. The summed E-state index contributed by atoms with van der Waals surface area (Å²) in [4.78, 5) is 5.91. The number of nitrogens with two attached hydrogens (primary N) is 1. The van der Waals surface area contributed by atoms with Crippen molar-refractivity contribution in [3.05, 3.63) is 59.5 Å². The van der Waals surface area contributed by atoms with E-state index in [0.29, 0.717) is 25.3 Å². The number of hydrogen-bond donors (Lipinski definition) is 1. The van der Waals surface area contributed by atoms with Gasteiger partial charge in [0.2, 0.25) is 17.7 Å². The van der Waals surface area contributed by atoms with Gasteiger partial charge in [0.25, 0.3) is 10.0 Å². The first-order valence-electron chi connectivity index (χ1n) is 14.1. The Morgan fingerprint density at radius 2 is 1.83 bits per heavy atom. The zero-order chi connectivity index (χ0) is 29.9. The smallest absolute Gasteiger partial charge is 0.419 e. The summed E-state index contributed by atoms with van der Waals surface area (Å²) in [5.41, 5.74) is 6.23. The van der Waals surface area contributed by atoms with Crippen molar-refractivity contribution >= 4 is 16.0 Å². The molecule has 13 heteroatoms. The summed E-state index contributed by atoms with van der Waals surface area (Å²) in [7, 11) is -4.06. The Morgan fingerprint density at radius 3 is 2.55 bits per heavy atom. The molecule has 0 spiro atoms. The first-order chi connectivity index (χ1) is 20.0. The number of aryl methyl sites for hydroxylation is 1. The van der Waals surface area contributed by atoms with Gasteiger partial charge in [-0.1, -0.05) is 55.0 Å². The molecule has 0 unspecified atom stereocenters. The van der Waals surface area contributed by atoms with Crippen molar-refractivity contribution in [1.29, 1.82) is 0 Å². The molecule has 9 nitrogen and oxygen atoms in total. The van der Waals surface area contributed by atoms with Crippen molar-refractivity contribution in [2.45, 2.75) is 75.4 Å². The maximum atomic E-state index is 14.0. The van der Waals surface area contributed by atoms with Gasteiger partial charge in [0.05, 0.1) is 17.1 Å². The van der Waals surface area contributed by atoms with Crippen LogP contribution in [-0.2, 0) is 16.2 Å². The van der Waals surface area contributed by atoms with Crippen molar-refractivity contribution in [2.24, 2.45) is 16.0 Å². The van der Waals surface area contributed by atoms with Crippen molar-refractivity contribution < 1.29 is 30.8 Å². The Hall–Kier alpha value is -3.61. The van der Waals surface area contributed by atoms with Crippen LogP contribution in [0.25, 0.3) is 11.4 Å². The quantitative estimate of drug-likeness (QED) is 0.236. The Kier molecular flexibility index (Phi) is 8.76. The second kappa shape index (κ2) is 12.3. The molecule has 1 saturated heterocycles. The van der Waals surface area contributed by atoms with Crippen molar-refractivity contribution in [3.8, 4) is 17.1 Å². The zero-order valence-corrected chi connectivity index (χ0v) is 24.1. The second-order valence-electron chi connectivity index (χ2n) is 10.9. The van der Waals surface area contributed by atoms with Crippen LogP contribution in [0.15, 0.2) is 56.3 Å². The van der Waals surface area contributed by atoms with E-state index in [1.807, 2.05) is 6.92 Å². The van der Waals surface area contributed by atoms with Gasteiger partial charge in [0.15, 0.2) is 0 Å². The molecule has 42 heavy (non-hydrogen) atoms. The van der Waals surface area contributed by atoms with Crippen LogP contribution in [-0.4, -0.2) is 42.6 Å². The minimum absolute atomic E-state index is 0.00811. The van der Waals surface area contributed by atoms with E-state index in [2.05, 4.69) is 14.5 Å². The predicted molar refractivity (Wildman–Crippen MR) is 150 cm³/mol. The third kappa shape index (κ3) is 6.88. The van der Waals surface area contributed by atoms with Gasteiger partial charge >= 0.3 is 6.18 Å². The molecule has 1 aromatic heterocycles. The van der Waals surface area contributed by atoms with Gasteiger partial charge in [-0.05, 0) is 62.4 Å². The highest BCUT2D eigenvalue weighted by atomic mass is 32.2. The number of halogens is 3. The predicted octanol–water partition coefficient (Wildman–Crippen LogP) is 6.25. The number of benzene rings is 2. The molecule has 3 aromatic rings. The lowest BCUT2D eigenvalue weighted by Gasteiger charge is -2.22. The van der Waals surface area contributed by atoms with Crippen LogP contribution < -0.4 is 10.5 Å². The van der Waals surface area contributed by atoms with Gasteiger partial charge in [-0.2, -0.15) is 26.6 Å². The van der Waals surface area contributed by atoms with E-state index in [-0.39, 0.29) is 40.5 Å². The molecule has 0 radical (unpaired) electrons.